The van der Waals surface area contributed by atoms with E-state index in [1.807, 2.05) is 73.7 Å². The zero-order valence-corrected chi connectivity index (χ0v) is 15.0. The monoisotopic (exact) mass is 349 g/mol. The largest absolute Gasteiger partial charge is 0.248 e. The van der Waals surface area contributed by atoms with Gasteiger partial charge >= 0.3 is 0 Å². The molecule has 3 rings (SSSR count). The summed E-state index contributed by atoms with van der Waals surface area (Å²) in [5.74, 6) is 0. The summed E-state index contributed by atoms with van der Waals surface area (Å²) in [6.07, 6.45) is 1.21. The van der Waals surface area contributed by atoms with Crippen LogP contribution < -0.4 is 0 Å². The molecule has 0 amide bonds. The van der Waals surface area contributed by atoms with E-state index in [1.165, 1.54) is 6.26 Å². The van der Waals surface area contributed by atoms with Gasteiger partial charge in [0.1, 0.15) is 0 Å². The Hall–Kier alpha value is -2.72. The molecule has 0 aliphatic rings. The minimum atomic E-state index is -3.28. The topological polar surface area (TPSA) is 46.5 Å². The smallest absolute Gasteiger partial charge is 0.175 e. The van der Waals surface area contributed by atoms with Crippen LogP contribution in [0.1, 0.15) is 16.7 Å². The quantitative estimate of drug-likeness (QED) is 0.648. The Morgan fingerprint density at radius 1 is 0.800 bits per heavy atom. The second-order valence-corrected chi connectivity index (χ2v) is 7.98. The lowest BCUT2D eigenvalue weighted by Crippen LogP contribution is -2.03. The minimum Gasteiger partial charge on any atom is -0.248 e. The molecular weight excluding hydrogens is 330 g/mol. The molecule has 3 nitrogen and oxygen atoms in total. The minimum absolute atomic E-state index is 0.284. The summed E-state index contributed by atoms with van der Waals surface area (Å²) in [5, 5.41) is 0. The fourth-order valence-corrected chi connectivity index (χ4v) is 3.36. The highest BCUT2D eigenvalue weighted by atomic mass is 32.2. The molecule has 0 heterocycles. The van der Waals surface area contributed by atoms with E-state index in [9.17, 15) is 8.42 Å². The van der Waals surface area contributed by atoms with Gasteiger partial charge in [0.2, 0.25) is 0 Å². The second kappa shape index (κ2) is 7.03. The molecule has 0 aromatic heterocycles. The molecule has 3 aromatic carbocycles. The van der Waals surface area contributed by atoms with E-state index >= 15 is 0 Å². The molecule has 25 heavy (non-hydrogen) atoms. The van der Waals surface area contributed by atoms with Crippen LogP contribution in [0.25, 0.3) is 0 Å². The number of hydrogen-bond acceptors (Lipinski definition) is 3. The molecule has 4 heteroatoms. The standard InChI is InChI=1S/C21H19NO2S/c1-16-13-19(15-20(14-16)25(2,23)24)22-21(17-9-5-3-6-10-17)18-11-7-4-8-12-18/h3-15H,1-2H3. The molecule has 0 saturated carbocycles. The fourth-order valence-electron chi connectivity index (χ4n) is 2.62. The number of rotatable bonds is 4. The van der Waals surface area contributed by atoms with Crippen LogP contribution in [0.5, 0.6) is 0 Å². The highest BCUT2D eigenvalue weighted by Gasteiger charge is 2.11. The SMILES string of the molecule is Cc1cc(N=C(c2ccccc2)c2ccccc2)cc(S(C)(=O)=O)c1. The van der Waals surface area contributed by atoms with Crippen molar-refractivity contribution in [2.75, 3.05) is 6.26 Å². The molecule has 0 unspecified atom stereocenters. The summed E-state index contributed by atoms with van der Waals surface area (Å²) in [4.78, 5) is 5.07. The third-order valence-corrected chi connectivity index (χ3v) is 4.89. The fraction of sp³-hybridized carbons (Fsp3) is 0.0952. The molecule has 0 aliphatic carbocycles. The maximum Gasteiger partial charge on any atom is 0.175 e. The third-order valence-electron chi connectivity index (χ3n) is 3.80. The van der Waals surface area contributed by atoms with Crippen molar-refractivity contribution < 1.29 is 8.42 Å². The van der Waals surface area contributed by atoms with Gasteiger partial charge in [-0.25, -0.2) is 13.4 Å². The van der Waals surface area contributed by atoms with E-state index in [-0.39, 0.29) is 4.90 Å². The number of nitrogens with zero attached hydrogens (tertiary/aromatic N) is 1. The van der Waals surface area contributed by atoms with Crippen LogP contribution in [-0.4, -0.2) is 20.4 Å². The van der Waals surface area contributed by atoms with Crippen molar-refractivity contribution >= 4 is 21.2 Å². The van der Waals surface area contributed by atoms with E-state index in [1.54, 1.807) is 12.1 Å². The first-order chi connectivity index (χ1) is 11.9. The van der Waals surface area contributed by atoms with Gasteiger partial charge in [-0.3, -0.25) is 0 Å². The maximum atomic E-state index is 11.9. The van der Waals surface area contributed by atoms with Crippen LogP contribution >= 0.6 is 0 Å². The summed E-state index contributed by atoms with van der Waals surface area (Å²) in [7, 11) is -3.28. The number of hydrogen-bond donors (Lipinski definition) is 0. The highest BCUT2D eigenvalue weighted by molar-refractivity contribution is 7.90. The van der Waals surface area contributed by atoms with Gasteiger partial charge in [0.25, 0.3) is 0 Å². The summed E-state index contributed by atoms with van der Waals surface area (Å²) >= 11 is 0. The summed E-state index contributed by atoms with van der Waals surface area (Å²) < 4.78 is 23.8. The molecular formula is C21H19NO2S. The van der Waals surface area contributed by atoms with Crippen LogP contribution in [0.4, 0.5) is 5.69 Å². The Labute approximate surface area is 148 Å². The molecule has 0 radical (unpaired) electrons. The Bertz CT molecular complexity index is 967. The number of aryl methyl sites for hydroxylation is 1. The third kappa shape index (κ3) is 4.22. The van der Waals surface area contributed by atoms with Gasteiger partial charge in [0, 0.05) is 17.4 Å². The van der Waals surface area contributed by atoms with Gasteiger partial charge in [-0.2, -0.15) is 0 Å². The van der Waals surface area contributed by atoms with Gasteiger partial charge in [-0.05, 0) is 30.7 Å². The van der Waals surface area contributed by atoms with Gasteiger partial charge in [-0.15, -0.1) is 0 Å². The molecule has 0 aliphatic heterocycles. The van der Waals surface area contributed by atoms with Crippen LogP contribution in [0.2, 0.25) is 0 Å². The van der Waals surface area contributed by atoms with E-state index in [2.05, 4.69) is 0 Å². The van der Waals surface area contributed by atoms with E-state index < -0.39 is 9.84 Å². The lowest BCUT2D eigenvalue weighted by molar-refractivity contribution is 0.602. The van der Waals surface area contributed by atoms with Crippen LogP contribution in [0, 0.1) is 6.92 Å². The Balaban J connectivity index is 2.19. The number of aliphatic imine (C=N–C) groups is 1. The van der Waals surface area contributed by atoms with Crippen molar-refractivity contribution in [2.24, 2.45) is 4.99 Å². The predicted octanol–water partition coefficient (Wildman–Crippen LogP) is 4.57. The highest BCUT2D eigenvalue weighted by Crippen LogP contribution is 2.23. The van der Waals surface area contributed by atoms with Crippen LogP contribution in [0.15, 0.2) is 88.8 Å². The van der Waals surface area contributed by atoms with Gasteiger partial charge < -0.3 is 0 Å². The Kier molecular flexibility index (Phi) is 4.81. The summed E-state index contributed by atoms with van der Waals surface area (Å²) in [6, 6.07) is 24.9. The van der Waals surface area contributed by atoms with Crippen molar-refractivity contribution in [3.63, 3.8) is 0 Å². The van der Waals surface area contributed by atoms with Crippen LogP contribution in [0.3, 0.4) is 0 Å². The number of sulfone groups is 1. The van der Waals surface area contributed by atoms with E-state index in [0.29, 0.717) is 5.69 Å². The van der Waals surface area contributed by atoms with Crippen molar-refractivity contribution in [3.8, 4) is 0 Å². The first-order valence-corrected chi connectivity index (χ1v) is 9.84. The lowest BCUT2D eigenvalue weighted by atomic mass is 10.0. The van der Waals surface area contributed by atoms with Gasteiger partial charge in [-0.1, -0.05) is 60.7 Å². The molecule has 0 bridgehead atoms. The van der Waals surface area contributed by atoms with Crippen molar-refractivity contribution in [1.82, 2.24) is 0 Å². The predicted molar refractivity (Wildman–Crippen MR) is 102 cm³/mol. The average Bonchev–Trinajstić information content (AvgIpc) is 2.60. The van der Waals surface area contributed by atoms with Crippen LogP contribution in [-0.2, 0) is 9.84 Å². The zero-order valence-electron chi connectivity index (χ0n) is 14.2. The van der Waals surface area contributed by atoms with Gasteiger partial charge in [0.05, 0.1) is 16.3 Å². The lowest BCUT2D eigenvalue weighted by Gasteiger charge is -2.09. The molecule has 0 saturated heterocycles. The van der Waals surface area contributed by atoms with E-state index in [4.69, 9.17) is 4.99 Å². The normalized spacial score (nSPS) is 11.1. The average molecular weight is 349 g/mol. The Morgan fingerprint density at radius 3 is 1.80 bits per heavy atom. The molecule has 126 valence electrons. The molecule has 3 aromatic rings. The maximum absolute atomic E-state index is 11.9. The Morgan fingerprint density at radius 2 is 1.32 bits per heavy atom. The van der Waals surface area contributed by atoms with Crippen molar-refractivity contribution in [3.05, 3.63) is 95.6 Å². The summed E-state index contributed by atoms with van der Waals surface area (Å²) in [5.41, 5.74) is 4.27. The molecule has 0 fully saturated rings. The van der Waals surface area contributed by atoms with E-state index in [0.717, 1.165) is 22.4 Å². The molecule has 0 spiro atoms. The molecule has 0 N–H and O–H groups in total. The first-order valence-electron chi connectivity index (χ1n) is 7.95. The van der Waals surface area contributed by atoms with Crippen molar-refractivity contribution in [2.45, 2.75) is 11.8 Å². The number of benzene rings is 3. The molecule has 0 atom stereocenters. The van der Waals surface area contributed by atoms with Gasteiger partial charge in [0.15, 0.2) is 9.84 Å². The summed E-state index contributed by atoms with van der Waals surface area (Å²) in [6.45, 7) is 1.87. The zero-order chi connectivity index (χ0) is 17.9. The van der Waals surface area contributed by atoms with Crippen molar-refractivity contribution in [1.29, 1.82) is 0 Å². The first kappa shape index (κ1) is 17.1. The second-order valence-electron chi connectivity index (χ2n) is 5.97.